The molecule has 0 spiro atoms. The van der Waals surface area contributed by atoms with Crippen molar-refractivity contribution in [2.45, 2.75) is 18.4 Å². The Bertz CT molecular complexity index is 745. The largest absolute Gasteiger partial charge is 0.325 e. The van der Waals surface area contributed by atoms with Crippen LogP contribution < -0.4 is 10.5 Å². The number of nitrogens with two attached hydrogens (primary N) is 1. The average molecular weight is 410 g/mol. The molecule has 0 radical (unpaired) electrons. The lowest BCUT2D eigenvalue weighted by Crippen LogP contribution is -2.17. The number of aromatic amines is 1. The van der Waals surface area contributed by atoms with Crippen molar-refractivity contribution in [3.8, 4) is 0 Å². The predicted molar refractivity (Wildman–Crippen MR) is 81.1 cm³/mol. The number of anilines is 1. The van der Waals surface area contributed by atoms with Crippen LogP contribution in [0.2, 0.25) is 0 Å². The molecule has 4 N–H and O–H groups in total. The molecule has 0 bridgehead atoms. The number of hydrogen-bond donors (Lipinski definition) is 3. The average Bonchev–Trinajstić information content (AvgIpc) is 2.75. The maximum absolute atomic E-state index is 13.0. The van der Waals surface area contributed by atoms with E-state index in [1.165, 1.54) is 18.2 Å². The van der Waals surface area contributed by atoms with Crippen molar-refractivity contribution < 1.29 is 12.8 Å². The topological polar surface area (TPSA) is 101 Å². The lowest BCUT2D eigenvalue weighted by molar-refractivity contribution is 0.599. The first-order valence-electron chi connectivity index (χ1n) is 5.57. The van der Waals surface area contributed by atoms with E-state index in [0.29, 0.717) is 15.0 Å². The molecule has 20 heavy (non-hydrogen) atoms. The number of sulfonamides is 1. The standard InChI is InChI=1S/C11H12FIN4O2S/c1-6-11(10(5-14)16-15-6)20(18,19)17-9-3-2-7(12)4-8(9)13/h2-4,17H,5,14H2,1H3,(H,15,16). The molecule has 1 aromatic heterocycles. The van der Waals surface area contributed by atoms with Crippen molar-refractivity contribution in [2.24, 2.45) is 5.73 Å². The molecule has 0 amide bonds. The maximum Gasteiger partial charge on any atom is 0.265 e. The van der Waals surface area contributed by atoms with Crippen LogP contribution in [0.4, 0.5) is 10.1 Å². The summed E-state index contributed by atoms with van der Waals surface area (Å²) in [5.74, 6) is -0.431. The first kappa shape index (κ1) is 15.2. The second-order valence-electron chi connectivity index (χ2n) is 4.06. The van der Waals surface area contributed by atoms with Crippen LogP contribution in [-0.2, 0) is 16.6 Å². The van der Waals surface area contributed by atoms with Crippen LogP contribution in [0.1, 0.15) is 11.4 Å². The van der Waals surface area contributed by atoms with Gasteiger partial charge in [0.05, 0.1) is 17.1 Å². The molecule has 0 fully saturated rings. The van der Waals surface area contributed by atoms with Crippen molar-refractivity contribution in [2.75, 3.05) is 4.72 Å². The van der Waals surface area contributed by atoms with Gasteiger partial charge < -0.3 is 5.73 Å². The summed E-state index contributed by atoms with van der Waals surface area (Å²) in [5, 5.41) is 6.44. The van der Waals surface area contributed by atoms with Gasteiger partial charge in [-0.15, -0.1) is 0 Å². The van der Waals surface area contributed by atoms with Gasteiger partial charge >= 0.3 is 0 Å². The molecule has 6 nitrogen and oxygen atoms in total. The van der Waals surface area contributed by atoms with E-state index < -0.39 is 15.8 Å². The minimum Gasteiger partial charge on any atom is -0.325 e. The van der Waals surface area contributed by atoms with E-state index in [-0.39, 0.29) is 17.1 Å². The number of aryl methyl sites for hydroxylation is 1. The van der Waals surface area contributed by atoms with Crippen LogP contribution in [0.25, 0.3) is 0 Å². The first-order valence-corrected chi connectivity index (χ1v) is 8.13. The Morgan fingerprint density at radius 2 is 2.20 bits per heavy atom. The Hall–Kier alpha value is -1.20. The number of benzene rings is 1. The second-order valence-corrected chi connectivity index (χ2v) is 6.84. The van der Waals surface area contributed by atoms with Crippen molar-refractivity contribution in [1.82, 2.24) is 10.2 Å². The lowest BCUT2D eigenvalue weighted by Gasteiger charge is -2.10. The Kier molecular flexibility index (Phi) is 4.30. The fourth-order valence-electron chi connectivity index (χ4n) is 1.73. The van der Waals surface area contributed by atoms with Gasteiger partial charge in [-0.25, -0.2) is 12.8 Å². The van der Waals surface area contributed by atoms with Crippen LogP contribution in [0.15, 0.2) is 23.1 Å². The SMILES string of the molecule is Cc1[nH]nc(CN)c1S(=O)(=O)Nc1ccc(F)cc1I. The predicted octanol–water partition coefficient (Wildman–Crippen LogP) is 1.72. The zero-order chi connectivity index (χ0) is 14.9. The molecule has 0 saturated carbocycles. The fourth-order valence-corrected chi connectivity index (χ4v) is 3.98. The quantitative estimate of drug-likeness (QED) is 0.669. The Balaban J connectivity index is 2.43. The zero-order valence-corrected chi connectivity index (χ0v) is 13.4. The van der Waals surface area contributed by atoms with Gasteiger partial charge in [0.1, 0.15) is 10.7 Å². The zero-order valence-electron chi connectivity index (χ0n) is 10.4. The van der Waals surface area contributed by atoms with Gasteiger partial charge in [-0.3, -0.25) is 9.82 Å². The van der Waals surface area contributed by atoms with Gasteiger partial charge in [0.15, 0.2) is 0 Å². The number of H-pyrrole nitrogens is 1. The Morgan fingerprint density at radius 3 is 2.80 bits per heavy atom. The monoisotopic (exact) mass is 410 g/mol. The van der Waals surface area contributed by atoms with Crippen molar-refractivity contribution >= 4 is 38.3 Å². The summed E-state index contributed by atoms with van der Waals surface area (Å²) in [6.45, 7) is 1.59. The fraction of sp³-hybridized carbons (Fsp3) is 0.182. The summed E-state index contributed by atoms with van der Waals surface area (Å²) in [6, 6.07) is 3.79. The Morgan fingerprint density at radius 1 is 1.50 bits per heavy atom. The highest BCUT2D eigenvalue weighted by Gasteiger charge is 2.24. The van der Waals surface area contributed by atoms with Gasteiger partial charge in [-0.1, -0.05) is 0 Å². The van der Waals surface area contributed by atoms with Crippen LogP contribution in [0.5, 0.6) is 0 Å². The highest BCUT2D eigenvalue weighted by atomic mass is 127. The molecule has 2 rings (SSSR count). The molecular formula is C11H12FIN4O2S. The number of aromatic nitrogens is 2. The van der Waals surface area contributed by atoms with Gasteiger partial charge in [-0.05, 0) is 47.7 Å². The molecule has 0 aliphatic carbocycles. The number of nitrogens with one attached hydrogen (secondary N) is 2. The van der Waals surface area contributed by atoms with Crippen LogP contribution in [-0.4, -0.2) is 18.6 Å². The highest BCUT2D eigenvalue weighted by Crippen LogP contribution is 2.25. The van der Waals surface area contributed by atoms with E-state index in [2.05, 4.69) is 14.9 Å². The van der Waals surface area contributed by atoms with Gasteiger partial charge in [0.2, 0.25) is 0 Å². The minimum absolute atomic E-state index is 0.00108. The smallest absolute Gasteiger partial charge is 0.265 e. The van der Waals surface area contributed by atoms with Gasteiger partial charge in [0, 0.05) is 10.1 Å². The summed E-state index contributed by atoms with van der Waals surface area (Å²) in [5.41, 5.74) is 6.43. The summed E-state index contributed by atoms with van der Waals surface area (Å²) >= 11 is 1.86. The third kappa shape index (κ3) is 2.94. The number of rotatable bonds is 4. The van der Waals surface area contributed by atoms with E-state index in [0.717, 1.165) is 0 Å². The molecule has 0 unspecified atom stereocenters. The summed E-state index contributed by atoms with van der Waals surface area (Å²) in [6.07, 6.45) is 0. The van der Waals surface area contributed by atoms with Crippen LogP contribution in [0, 0.1) is 16.3 Å². The summed E-state index contributed by atoms with van der Waals surface area (Å²) in [4.78, 5) is 0.0279. The molecule has 2 aromatic rings. The van der Waals surface area contributed by atoms with E-state index in [1.54, 1.807) is 6.92 Å². The van der Waals surface area contributed by atoms with E-state index >= 15 is 0 Å². The molecule has 0 aliphatic heterocycles. The number of hydrogen-bond acceptors (Lipinski definition) is 4. The molecule has 108 valence electrons. The highest BCUT2D eigenvalue weighted by molar-refractivity contribution is 14.1. The van der Waals surface area contributed by atoms with Crippen LogP contribution >= 0.6 is 22.6 Å². The van der Waals surface area contributed by atoms with Crippen molar-refractivity contribution in [1.29, 1.82) is 0 Å². The summed E-state index contributed by atoms with van der Waals surface area (Å²) < 4.78 is 40.7. The molecule has 1 heterocycles. The molecule has 0 aliphatic rings. The molecule has 0 atom stereocenters. The number of nitrogens with zero attached hydrogens (tertiary/aromatic N) is 1. The minimum atomic E-state index is -3.83. The van der Waals surface area contributed by atoms with Gasteiger partial charge in [-0.2, -0.15) is 5.10 Å². The van der Waals surface area contributed by atoms with Gasteiger partial charge in [0.25, 0.3) is 10.0 Å². The molecule has 0 saturated heterocycles. The summed E-state index contributed by atoms with van der Waals surface area (Å²) in [7, 11) is -3.83. The van der Waals surface area contributed by atoms with Crippen molar-refractivity contribution in [3.63, 3.8) is 0 Å². The van der Waals surface area contributed by atoms with Crippen molar-refractivity contribution in [3.05, 3.63) is 39.0 Å². The normalized spacial score (nSPS) is 11.6. The lowest BCUT2D eigenvalue weighted by atomic mass is 10.3. The van der Waals surface area contributed by atoms with E-state index in [1.807, 2.05) is 22.6 Å². The van der Waals surface area contributed by atoms with E-state index in [9.17, 15) is 12.8 Å². The van der Waals surface area contributed by atoms with Crippen LogP contribution in [0.3, 0.4) is 0 Å². The first-order chi connectivity index (χ1) is 9.35. The third-order valence-corrected chi connectivity index (χ3v) is 5.06. The maximum atomic E-state index is 13.0. The second kappa shape index (κ2) is 5.66. The third-order valence-electron chi connectivity index (χ3n) is 2.60. The van der Waals surface area contributed by atoms with E-state index in [4.69, 9.17) is 5.73 Å². The number of halogens is 2. The Labute approximate surface area is 129 Å². The molecule has 1 aromatic carbocycles. The molecule has 9 heteroatoms. The molecular weight excluding hydrogens is 398 g/mol.